The maximum Gasteiger partial charge on any atom is 0.124 e. The maximum atomic E-state index is 13.3. The zero-order chi connectivity index (χ0) is 12.3. The third-order valence-corrected chi connectivity index (χ3v) is 3.74. The highest BCUT2D eigenvalue weighted by atomic mass is 79.9. The lowest BCUT2D eigenvalue weighted by Crippen LogP contribution is -2.40. The molecule has 2 rings (SSSR count). The Kier molecular flexibility index (Phi) is 6.57. The summed E-state index contributed by atoms with van der Waals surface area (Å²) in [6, 6.07) is 5.70. The second-order valence-corrected chi connectivity index (χ2v) is 5.59. The summed E-state index contributed by atoms with van der Waals surface area (Å²) in [5.74, 6) is -0.173. The number of nitrogens with zero attached hydrogens (tertiary/aromatic N) is 1. The van der Waals surface area contributed by atoms with Crippen molar-refractivity contribution in [1.29, 1.82) is 0 Å². The van der Waals surface area contributed by atoms with Crippen molar-refractivity contribution in [3.05, 3.63) is 34.1 Å². The van der Waals surface area contributed by atoms with Crippen LogP contribution in [0.3, 0.4) is 0 Å². The second kappa shape index (κ2) is 7.43. The average Bonchev–Trinajstić information content (AvgIpc) is 2.28. The smallest absolute Gasteiger partial charge is 0.124 e. The van der Waals surface area contributed by atoms with Crippen LogP contribution in [0.4, 0.5) is 4.39 Å². The molecular weight excluding hydrogens is 319 g/mol. The molecule has 0 spiro atoms. The first kappa shape index (κ1) is 15.9. The molecule has 2 nitrogen and oxygen atoms in total. The van der Waals surface area contributed by atoms with Crippen molar-refractivity contribution in [3.63, 3.8) is 0 Å². The van der Waals surface area contributed by atoms with Gasteiger partial charge in [-0.25, -0.2) is 4.39 Å². The number of benzene rings is 1. The number of hydrogen-bond acceptors (Lipinski definition) is 2. The summed E-state index contributed by atoms with van der Waals surface area (Å²) in [5.41, 5.74) is 1.03. The Morgan fingerprint density at radius 1 is 1.33 bits per heavy atom. The van der Waals surface area contributed by atoms with E-state index in [1.165, 1.54) is 18.9 Å². The van der Waals surface area contributed by atoms with Crippen LogP contribution in [-0.2, 0) is 6.54 Å². The molecule has 0 atom stereocenters. The van der Waals surface area contributed by atoms with Crippen molar-refractivity contribution in [2.75, 3.05) is 20.1 Å². The van der Waals surface area contributed by atoms with Gasteiger partial charge in [-0.1, -0.05) is 15.9 Å². The van der Waals surface area contributed by atoms with E-state index in [2.05, 4.69) is 33.2 Å². The van der Waals surface area contributed by atoms with Crippen molar-refractivity contribution in [1.82, 2.24) is 10.2 Å². The summed E-state index contributed by atoms with van der Waals surface area (Å²) in [7, 11) is 2.12. The first-order valence-electron chi connectivity index (χ1n) is 6.01. The number of nitrogens with one attached hydrogen (secondary N) is 1. The second-order valence-electron chi connectivity index (χ2n) is 4.67. The van der Waals surface area contributed by atoms with Crippen molar-refractivity contribution in [2.24, 2.45) is 0 Å². The van der Waals surface area contributed by atoms with E-state index in [-0.39, 0.29) is 18.2 Å². The van der Waals surface area contributed by atoms with E-state index in [9.17, 15) is 4.39 Å². The lowest BCUT2D eigenvalue weighted by Gasteiger charge is -2.31. The highest BCUT2D eigenvalue weighted by molar-refractivity contribution is 9.10. The first-order valence-corrected chi connectivity index (χ1v) is 6.80. The molecule has 102 valence electrons. The van der Waals surface area contributed by atoms with Gasteiger partial charge < -0.3 is 5.32 Å². The van der Waals surface area contributed by atoms with E-state index in [1.54, 1.807) is 6.07 Å². The molecule has 1 aromatic carbocycles. The van der Waals surface area contributed by atoms with E-state index in [0.29, 0.717) is 6.04 Å². The molecule has 0 saturated carbocycles. The Morgan fingerprint density at radius 3 is 2.61 bits per heavy atom. The SMILES string of the molecule is CN(Cc1cc(F)cc(Br)c1)C1CCNCC1.Cl. The number of hydrogen-bond donors (Lipinski definition) is 1. The van der Waals surface area contributed by atoms with Gasteiger partial charge in [0.1, 0.15) is 5.82 Å². The third kappa shape index (κ3) is 4.50. The fourth-order valence-corrected chi connectivity index (χ4v) is 2.88. The quantitative estimate of drug-likeness (QED) is 0.911. The topological polar surface area (TPSA) is 15.3 Å². The molecule has 5 heteroatoms. The van der Waals surface area contributed by atoms with Crippen LogP contribution in [0.2, 0.25) is 0 Å². The molecule has 1 heterocycles. The van der Waals surface area contributed by atoms with Crippen LogP contribution >= 0.6 is 28.3 Å². The van der Waals surface area contributed by atoms with Crippen molar-refractivity contribution < 1.29 is 4.39 Å². The standard InChI is InChI=1S/C13H18BrFN2.ClH/c1-17(13-2-4-16-5-3-13)9-10-6-11(14)8-12(15)7-10;/h6-8,13,16H,2-5,9H2,1H3;1H. The molecule has 0 radical (unpaired) electrons. The van der Waals surface area contributed by atoms with Gasteiger partial charge in [0.05, 0.1) is 0 Å². The molecule has 0 aliphatic carbocycles. The summed E-state index contributed by atoms with van der Waals surface area (Å²) in [6.07, 6.45) is 2.35. The van der Waals surface area contributed by atoms with E-state index in [1.807, 2.05) is 6.07 Å². The van der Waals surface area contributed by atoms with Gasteiger partial charge in [-0.3, -0.25) is 4.90 Å². The Hall–Kier alpha value is -0.160. The summed E-state index contributed by atoms with van der Waals surface area (Å²) in [4.78, 5) is 2.32. The first-order chi connectivity index (χ1) is 8.15. The van der Waals surface area contributed by atoms with Crippen LogP contribution in [0.5, 0.6) is 0 Å². The normalized spacial score (nSPS) is 16.7. The average molecular weight is 338 g/mol. The van der Waals surface area contributed by atoms with Crippen LogP contribution < -0.4 is 5.32 Å². The molecular formula is C13H19BrClFN2. The molecule has 0 amide bonds. The minimum atomic E-state index is -0.173. The molecule has 1 fully saturated rings. The monoisotopic (exact) mass is 336 g/mol. The molecule has 1 N–H and O–H groups in total. The van der Waals surface area contributed by atoms with Gasteiger partial charge in [-0.05, 0) is 56.7 Å². The molecule has 1 aromatic rings. The number of halogens is 3. The Bertz CT molecular complexity index is 363. The number of piperidine rings is 1. The zero-order valence-corrected chi connectivity index (χ0v) is 12.9. The van der Waals surface area contributed by atoms with Gasteiger partial charge in [0.2, 0.25) is 0 Å². The molecule has 0 aromatic heterocycles. The minimum absolute atomic E-state index is 0. The van der Waals surface area contributed by atoms with Crippen molar-refractivity contribution in [2.45, 2.75) is 25.4 Å². The van der Waals surface area contributed by atoms with Gasteiger partial charge in [0.15, 0.2) is 0 Å². The highest BCUT2D eigenvalue weighted by Crippen LogP contribution is 2.18. The van der Waals surface area contributed by atoms with Gasteiger partial charge in [0.25, 0.3) is 0 Å². The van der Waals surface area contributed by atoms with E-state index in [4.69, 9.17) is 0 Å². The van der Waals surface area contributed by atoms with Crippen LogP contribution in [-0.4, -0.2) is 31.1 Å². The van der Waals surface area contributed by atoms with Gasteiger partial charge in [-0.2, -0.15) is 0 Å². The fraction of sp³-hybridized carbons (Fsp3) is 0.538. The highest BCUT2D eigenvalue weighted by Gasteiger charge is 2.17. The largest absolute Gasteiger partial charge is 0.317 e. The van der Waals surface area contributed by atoms with Crippen LogP contribution in [0.1, 0.15) is 18.4 Å². The molecule has 1 aliphatic rings. The van der Waals surface area contributed by atoms with Crippen molar-refractivity contribution in [3.8, 4) is 0 Å². The summed E-state index contributed by atoms with van der Waals surface area (Å²) in [6.45, 7) is 2.98. The molecule has 18 heavy (non-hydrogen) atoms. The molecule has 0 unspecified atom stereocenters. The lowest BCUT2D eigenvalue weighted by molar-refractivity contribution is 0.191. The van der Waals surface area contributed by atoms with Crippen molar-refractivity contribution >= 4 is 28.3 Å². The van der Waals surface area contributed by atoms with Gasteiger partial charge in [0, 0.05) is 17.1 Å². The van der Waals surface area contributed by atoms with Gasteiger partial charge >= 0.3 is 0 Å². The molecule has 1 aliphatic heterocycles. The summed E-state index contributed by atoms with van der Waals surface area (Å²) in [5, 5.41) is 3.36. The summed E-state index contributed by atoms with van der Waals surface area (Å²) < 4.78 is 14.1. The van der Waals surface area contributed by atoms with Crippen LogP contribution in [0.15, 0.2) is 22.7 Å². The minimum Gasteiger partial charge on any atom is -0.317 e. The Morgan fingerprint density at radius 2 is 2.00 bits per heavy atom. The molecule has 1 saturated heterocycles. The number of rotatable bonds is 3. The van der Waals surface area contributed by atoms with E-state index < -0.39 is 0 Å². The van der Waals surface area contributed by atoms with Crippen LogP contribution in [0, 0.1) is 5.82 Å². The van der Waals surface area contributed by atoms with E-state index in [0.717, 1.165) is 29.7 Å². The van der Waals surface area contributed by atoms with E-state index >= 15 is 0 Å². The maximum absolute atomic E-state index is 13.3. The fourth-order valence-electron chi connectivity index (χ4n) is 2.37. The predicted octanol–water partition coefficient (Wildman–Crippen LogP) is 3.19. The van der Waals surface area contributed by atoms with Crippen LogP contribution in [0.25, 0.3) is 0 Å². The lowest BCUT2D eigenvalue weighted by atomic mass is 10.0. The Labute approximate surface area is 122 Å². The van der Waals surface area contributed by atoms with Gasteiger partial charge in [-0.15, -0.1) is 12.4 Å². The molecule has 0 bridgehead atoms. The Balaban J connectivity index is 0.00000162. The third-order valence-electron chi connectivity index (χ3n) is 3.29. The summed E-state index contributed by atoms with van der Waals surface area (Å²) >= 11 is 3.33. The zero-order valence-electron chi connectivity index (χ0n) is 10.5. The predicted molar refractivity (Wildman–Crippen MR) is 78.7 cm³/mol.